The van der Waals surface area contributed by atoms with Crippen molar-refractivity contribution in [2.75, 3.05) is 11.9 Å². The molecule has 0 unspecified atom stereocenters. The normalized spacial score (nSPS) is 14.0. The standard InChI is InChI=1S/C11H10N4O3/c16-11-13-9-3-2-7(15(17)18)6-8(9)10-12-4-1-5-14(10)11/h2-3,6,12H,1,4-5H2. The van der Waals surface area contributed by atoms with E-state index in [1.807, 2.05) is 0 Å². The number of non-ortho nitro benzene ring substituents is 1. The fraction of sp³-hybridized carbons (Fsp3) is 0.273. The molecule has 3 rings (SSSR count). The van der Waals surface area contributed by atoms with E-state index in [0.717, 1.165) is 13.0 Å². The molecule has 0 atom stereocenters. The highest BCUT2D eigenvalue weighted by molar-refractivity contribution is 5.91. The Morgan fingerprint density at radius 2 is 2.28 bits per heavy atom. The Labute approximate surface area is 101 Å². The molecule has 7 heteroatoms. The lowest BCUT2D eigenvalue weighted by Gasteiger charge is -2.20. The Kier molecular flexibility index (Phi) is 2.26. The van der Waals surface area contributed by atoms with Crippen LogP contribution in [0, 0.1) is 10.1 Å². The summed E-state index contributed by atoms with van der Waals surface area (Å²) in [6.45, 7) is 1.34. The maximum absolute atomic E-state index is 11.8. The van der Waals surface area contributed by atoms with Gasteiger partial charge in [0.15, 0.2) is 0 Å². The lowest BCUT2D eigenvalue weighted by atomic mass is 10.2. The molecule has 0 spiro atoms. The summed E-state index contributed by atoms with van der Waals surface area (Å²) in [6.07, 6.45) is 0.842. The van der Waals surface area contributed by atoms with Gasteiger partial charge in [0.25, 0.3) is 5.69 Å². The first kappa shape index (κ1) is 10.7. The van der Waals surface area contributed by atoms with Gasteiger partial charge in [-0.2, -0.15) is 4.98 Å². The first-order valence-corrected chi connectivity index (χ1v) is 5.60. The quantitative estimate of drug-likeness (QED) is 0.601. The van der Waals surface area contributed by atoms with Crippen LogP contribution in [-0.2, 0) is 6.54 Å². The van der Waals surface area contributed by atoms with Crippen molar-refractivity contribution < 1.29 is 4.92 Å². The van der Waals surface area contributed by atoms with Crippen molar-refractivity contribution in [3.8, 4) is 0 Å². The molecule has 0 fully saturated rings. The Morgan fingerprint density at radius 1 is 1.44 bits per heavy atom. The zero-order valence-electron chi connectivity index (χ0n) is 9.42. The maximum atomic E-state index is 11.8. The van der Waals surface area contributed by atoms with Crippen LogP contribution in [0.4, 0.5) is 11.5 Å². The molecule has 0 saturated heterocycles. The van der Waals surface area contributed by atoms with Crippen molar-refractivity contribution in [2.45, 2.75) is 13.0 Å². The van der Waals surface area contributed by atoms with Gasteiger partial charge in [-0.05, 0) is 12.5 Å². The predicted octanol–water partition coefficient (Wildman–Crippen LogP) is 1.12. The SMILES string of the molecule is O=c1nc2ccc([N+](=O)[O-])cc2c2n1CCCN2. The molecular formula is C11H10N4O3. The third-order valence-corrected chi connectivity index (χ3v) is 3.01. The highest BCUT2D eigenvalue weighted by atomic mass is 16.6. The highest BCUT2D eigenvalue weighted by Gasteiger charge is 2.17. The molecule has 0 bridgehead atoms. The fourth-order valence-electron chi connectivity index (χ4n) is 2.17. The summed E-state index contributed by atoms with van der Waals surface area (Å²) >= 11 is 0. The number of rotatable bonds is 1. The highest BCUT2D eigenvalue weighted by Crippen LogP contribution is 2.26. The number of nitrogens with one attached hydrogen (secondary N) is 1. The van der Waals surface area contributed by atoms with Gasteiger partial charge in [-0.15, -0.1) is 0 Å². The lowest BCUT2D eigenvalue weighted by molar-refractivity contribution is -0.384. The van der Waals surface area contributed by atoms with Crippen LogP contribution < -0.4 is 11.0 Å². The van der Waals surface area contributed by atoms with E-state index in [1.165, 1.54) is 22.8 Å². The molecule has 1 aromatic carbocycles. The van der Waals surface area contributed by atoms with Crippen LogP contribution in [0.25, 0.3) is 10.9 Å². The number of benzene rings is 1. The third-order valence-electron chi connectivity index (χ3n) is 3.01. The molecule has 7 nitrogen and oxygen atoms in total. The second-order valence-corrected chi connectivity index (χ2v) is 4.13. The van der Waals surface area contributed by atoms with Gasteiger partial charge in [-0.3, -0.25) is 14.7 Å². The minimum atomic E-state index is -0.454. The molecular weight excluding hydrogens is 236 g/mol. The molecule has 18 heavy (non-hydrogen) atoms. The summed E-state index contributed by atoms with van der Waals surface area (Å²) in [5.41, 5.74) is 0.155. The van der Waals surface area contributed by atoms with Gasteiger partial charge in [0, 0.05) is 30.6 Å². The van der Waals surface area contributed by atoms with Gasteiger partial charge in [-0.1, -0.05) is 0 Å². The summed E-state index contributed by atoms with van der Waals surface area (Å²) in [6, 6.07) is 4.31. The predicted molar refractivity (Wildman–Crippen MR) is 65.8 cm³/mol. The van der Waals surface area contributed by atoms with E-state index in [0.29, 0.717) is 23.3 Å². The average Bonchev–Trinajstić information content (AvgIpc) is 2.38. The molecule has 0 radical (unpaired) electrons. The average molecular weight is 246 g/mol. The van der Waals surface area contributed by atoms with E-state index in [-0.39, 0.29) is 11.4 Å². The van der Waals surface area contributed by atoms with Crippen molar-refractivity contribution in [1.82, 2.24) is 9.55 Å². The molecule has 1 aliphatic heterocycles. The van der Waals surface area contributed by atoms with Gasteiger partial charge < -0.3 is 5.32 Å². The minimum absolute atomic E-state index is 0.00174. The lowest BCUT2D eigenvalue weighted by Crippen LogP contribution is -2.30. The van der Waals surface area contributed by atoms with Crippen LogP contribution in [-0.4, -0.2) is 21.0 Å². The molecule has 1 aliphatic rings. The van der Waals surface area contributed by atoms with Crippen molar-refractivity contribution in [3.63, 3.8) is 0 Å². The Hall–Kier alpha value is -2.44. The third kappa shape index (κ3) is 1.52. The molecule has 0 aliphatic carbocycles. The summed E-state index contributed by atoms with van der Waals surface area (Å²) in [7, 11) is 0. The van der Waals surface area contributed by atoms with E-state index in [1.54, 1.807) is 0 Å². The number of nitro groups is 1. The van der Waals surface area contributed by atoms with Crippen molar-refractivity contribution >= 4 is 22.4 Å². The van der Waals surface area contributed by atoms with Crippen LogP contribution in [0.5, 0.6) is 0 Å². The first-order valence-electron chi connectivity index (χ1n) is 5.60. The maximum Gasteiger partial charge on any atom is 0.349 e. The number of aromatic nitrogens is 2. The molecule has 1 N–H and O–H groups in total. The number of nitro benzene ring substituents is 1. The van der Waals surface area contributed by atoms with Gasteiger partial charge in [0.1, 0.15) is 5.82 Å². The van der Waals surface area contributed by atoms with Crippen LogP contribution in [0.3, 0.4) is 0 Å². The Bertz CT molecular complexity index is 707. The smallest absolute Gasteiger partial charge is 0.349 e. The van der Waals surface area contributed by atoms with Crippen molar-refractivity contribution in [1.29, 1.82) is 0 Å². The van der Waals surface area contributed by atoms with E-state index in [2.05, 4.69) is 10.3 Å². The molecule has 92 valence electrons. The fourth-order valence-corrected chi connectivity index (χ4v) is 2.17. The first-order chi connectivity index (χ1) is 8.66. The molecule has 1 aromatic heterocycles. The second-order valence-electron chi connectivity index (χ2n) is 4.13. The number of nitrogens with zero attached hydrogens (tertiary/aromatic N) is 3. The minimum Gasteiger partial charge on any atom is -0.371 e. The zero-order chi connectivity index (χ0) is 12.7. The summed E-state index contributed by atoms with van der Waals surface area (Å²) < 4.78 is 1.52. The van der Waals surface area contributed by atoms with Gasteiger partial charge in [0.05, 0.1) is 10.4 Å². The van der Waals surface area contributed by atoms with Crippen LogP contribution in [0.2, 0.25) is 0 Å². The van der Waals surface area contributed by atoms with Crippen LogP contribution in [0.1, 0.15) is 6.42 Å². The monoisotopic (exact) mass is 246 g/mol. The largest absolute Gasteiger partial charge is 0.371 e. The number of hydrogen-bond acceptors (Lipinski definition) is 5. The van der Waals surface area contributed by atoms with Crippen molar-refractivity contribution in [2.24, 2.45) is 0 Å². The van der Waals surface area contributed by atoms with E-state index < -0.39 is 4.92 Å². The van der Waals surface area contributed by atoms with Gasteiger partial charge in [0.2, 0.25) is 0 Å². The zero-order valence-corrected chi connectivity index (χ0v) is 9.42. The van der Waals surface area contributed by atoms with Gasteiger partial charge in [-0.25, -0.2) is 4.79 Å². The number of fused-ring (bicyclic) bond motifs is 3. The van der Waals surface area contributed by atoms with E-state index in [9.17, 15) is 14.9 Å². The summed E-state index contributed by atoms with van der Waals surface area (Å²) in [5, 5.41) is 14.5. The van der Waals surface area contributed by atoms with E-state index in [4.69, 9.17) is 0 Å². The molecule has 2 aromatic rings. The summed E-state index contributed by atoms with van der Waals surface area (Å²) in [5.74, 6) is 0.625. The topological polar surface area (TPSA) is 90.1 Å². The number of hydrogen-bond donors (Lipinski definition) is 1. The van der Waals surface area contributed by atoms with Crippen LogP contribution >= 0.6 is 0 Å². The van der Waals surface area contributed by atoms with Crippen molar-refractivity contribution in [3.05, 3.63) is 38.8 Å². The molecule has 2 heterocycles. The van der Waals surface area contributed by atoms with Crippen LogP contribution in [0.15, 0.2) is 23.0 Å². The molecule has 0 amide bonds. The second kappa shape index (κ2) is 3.80. The van der Waals surface area contributed by atoms with E-state index >= 15 is 0 Å². The Morgan fingerprint density at radius 3 is 3.06 bits per heavy atom. The Balaban J connectivity index is 2.36. The summed E-state index contributed by atoms with van der Waals surface area (Å²) in [4.78, 5) is 26.0. The number of anilines is 1. The van der Waals surface area contributed by atoms with Gasteiger partial charge >= 0.3 is 5.69 Å². The molecule has 0 saturated carbocycles.